The maximum atomic E-state index is 13.3. The number of hydrogen-bond acceptors (Lipinski definition) is 5. The molecule has 9 heteroatoms. The summed E-state index contributed by atoms with van der Waals surface area (Å²) in [6, 6.07) is 6.22. The van der Waals surface area contributed by atoms with E-state index in [0.717, 1.165) is 0 Å². The maximum Gasteiger partial charge on any atom is 0.321 e. The predicted octanol–water partition coefficient (Wildman–Crippen LogP) is 2.21. The van der Waals surface area contributed by atoms with Crippen molar-refractivity contribution in [2.45, 2.75) is 51.0 Å². The number of ether oxygens (including phenoxy) is 2. The lowest BCUT2D eigenvalue weighted by Gasteiger charge is -2.40. The molecule has 0 spiro atoms. The number of sulfonamides is 1. The van der Waals surface area contributed by atoms with Crippen LogP contribution in [0.15, 0.2) is 29.2 Å². The molecule has 3 rings (SSSR count). The Morgan fingerprint density at radius 3 is 2.21 bits per heavy atom. The molecule has 3 atom stereocenters. The minimum Gasteiger partial charge on any atom is -0.497 e. The van der Waals surface area contributed by atoms with Gasteiger partial charge in [0.1, 0.15) is 11.9 Å². The van der Waals surface area contributed by atoms with E-state index in [1.54, 1.807) is 34.1 Å². The lowest BCUT2D eigenvalue weighted by molar-refractivity contribution is -0.0595. The van der Waals surface area contributed by atoms with Crippen LogP contribution in [0.1, 0.15) is 27.7 Å². The number of nitrogens with zero attached hydrogens (tertiary/aromatic N) is 3. The van der Waals surface area contributed by atoms with E-state index in [1.807, 2.05) is 27.7 Å². The van der Waals surface area contributed by atoms with Gasteiger partial charge < -0.3 is 19.3 Å². The second-order valence-electron chi connectivity index (χ2n) is 8.09. The summed E-state index contributed by atoms with van der Waals surface area (Å²) in [5.74, 6) is 0.545. The molecule has 29 heavy (non-hydrogen) atoms. The van der Waals surface area contributed by atoms with E-state index in [0.29, 0.717) is 25.4 Å². The standard InChI is InChI=1S/C20H31N3O5S/c1-14(2)19-22(20(24)21-12-15(3)28-16(4)13-21)10-11-23(19)29(25,26)18-8-6-17(27-5)7-9-18/h6-9,14-16,19H,10-13H2,1-5H3. The quantitative estimate of drug-likeness (QED) is 0.739. The molecular formula is C20H31N3O5S. The molecule has 2 aliphatic rings. The van der Waals surface area contributed by atoms with Crippen molar-refractivity contribution in [2.24, 2.45) is 5.92 Å². The molecule has 1 aromatic carbocycles. The first kappa shape index (κ1) is 21.9. The van der Waals surface area contributed by atoms with Crippen LogP contribution in [0.4, 0.5) is 4.79 Å². The minimum atomic E-state index is -3.74. The highest BCUT2D eigenvalue weighted by Crippen LogP contribution is 2.30. The molecule has 2 amide bonds. The van der Waals surface area contributed by atoms with E-state index in [-0.39, 0.29) is 35.6 Å². The van der Waals surface area contributed by atoms with Gasteiger partial charge >= 0.3 is 6.03 Å². The van der Waals surface area contributed by atoms with Crippen molar-refractivity contribution in [2.75, 3.05) is 33.3 Å². The maximum absolute atomic E-state index is 13.3. The van der Waals surface area contributed by atoms with Gasteiger partial charge in [0, 0.05) is 26.2 Å². The number of hydrogen-bond donors (Lipinski definition) is 0. The van der Waals surface area contributed by atoms with Gasteiger partial charge in [-0.15, -0.1) is 0 Å². The zero-order valence-electron chi connectivity index (χ0n) is 17.7. The van der Waals surface area contributed by atoms with Gasteiger partial charge in [-0.2, -0.15) is 4.31 Å². The molecule has 0 aliphatic carbocycles. The number of carbonyl (C=O) groups excluding carboxylic acids is 1. The van der Waals surface area contributed by atoms with Crippen LogP contribution in [0.3, 0.4) is 0 Å². The third-order valence-corrected chi connectivity index (χ3v) is 7.26. The van der Waals surface area contributed by atoms with Crippen LogP contribution in [-0.4, -0.2) is 80.2 Å². The lowest BCUT2D eigenvalue weighted by atomic mass is 10.1. The lowest BCUT2D eigenvalue weighted by Crippen LogP contribution is -2.56. The van der Waals surface area contributed by atoms with E-state index in [1.165, 1.54) is 11.4 Å². The second kappa shape index (κ2) is 8.49. The topological polar surface area (TPSA) is 79.4 Å². The summed E-state index contributed by atoms with van der Waals surface area (Å²) in [6.07, 6.45) is -0.605. The molecule has 2 aliphatic heterocycles. The smallest absolute Gasteiger partial charge is 0.321 e. The second-order valence-corrected chi connectivity index (χ2v) is 9.98. The number of urea groups is 1. The Kier molecular flexibility index (Phi) is 6.40. The summed E-state index contributed by atoms with van der Waals surface area (Å²) in [5.41, 5.74) is 0. The Labute approximate surface area is 173 Å². The van der Waals surface area contributed by atoms with Crippen molar-refractivity contribution in [3.05, 3.63) is 24.3 Å². The Morgan fingerprint density at radius 1 is 1.10 bits per heavy atom. The molecule has 8 nitrogen and oxygen atoms in total. The average Bonchev–Trinajstić information content (AvgIpc) is 3.13. The van der Waals surface area contributed by atoms with Crippen LogP contribution in [0.25, 0.3) is 0 Å². The molecule has 2 fully saturated rings. The molecule has 0 bridgehead atoms. The SMILES string of the molecule is COc1ccc(S(=O)(=O)N2CCN(C(=O)N3CC(C)OC(C)C3)C2C(C)C)cc1. The van der Waals surface area contributed by atoms with Crippen molar-refractivity contribution in [1.82, 2.24) is 14.1 Å². The molecule has 1 aromatic rings. The number of benzene rings is 1. The number of amides is 2. The van der Waals surface area contributed by atoms with Crippen LogP contribution >= 0.6 is 0 Å². The molecule has 0 aromatic heterocycles. The number of carbonyl (C=O) groups is 1. The molecular weight excluding hydrogens is 394 g/mol. The van der Waals surface area contributed by atoms with Crippen molar-refractivity contribution in [1.29, 1.82) is 0 Å². The highest BCUT2D eigenvalue weighted by atomic mass is 32.2. The van der Waals surface area contributed by atoms with Crippen LogP contribution < -0.4 is 4.74 Å². The summed E-state index contributed by atoms with van der Waals surface area (Å²) in [7, 11) is -2.20. The minimum absolute atomic E-state index is 0.0399. The van der Waals surface area contributed by atoms with E-state index >= 15 is 0 Å². The molecule has 0 N–H and O–H groups in total. The normalized spacial score (nSPS) is 26.2. The van der Waals surface area contributed by atoms with Crippen LogP contribution in [-0.2, 0) is 14.8 Å². The van der Waals surface area contributed by atoms with E-state index < -0.39 is 16.2 Å². The third-order valence-electron chi connectivity index (χ3n) is 5.37. The van der Waals surface area contributed by atoms with Crippen molar-refractivity contribution >= 4 is 16.1 Å². The van der Waals surface area contributed by atoms with Gasteiger partial charge in [-0.05, 0) is 44.0 Å². The van der Waals surface area contributed by atoms with E-state index in [2.05, 4.69) is 0 Å². The molecule has 0 saturated carbocycles. The van der Waals surface area contributed by atoms with Gasteiger partial charge in [0.05, 0.1) is 24.2 Å². The first-order valence-corrected chi connectivity index (χ1v) is 11.5. The van der Waals surface area contributed by atoms with Gasteiger partial charge in [-0.25, -0.2) is 13.2 Å². The van der Waals surface area contributed by atoms with Crippen molar-refractivity contribution in [3.63, 3.8) is 0 Å². The van der Waals surface area contributed by atoms with Gasteiger partial charge in [0.25, 0.3) is 0 Å². The predicted molar refractivity (Wildman–Crippen MR) is 109 cm³/mol. The zero-order valence-corrected chi connectivity index (χ0v) is 18.6. The Hall–Kier alpha value is -1.84. The Morgan fingerprint density at radius 2 is 1.69 bits per heavy atom. The molecule has 2 heterocycles. The zero-order chi connectivity index (χ0) is 21.3. The summed E-state index contributed by atoms with van der Waals surface area (Å²) < 4.78 is 38.9. The molecule has 0 radical (unpaired) electrons. The fraction of sp³-hybridized carbons (Fsp3) is 0.650. The van der Waals surface area contributed by atoms with Crippen LogP contribution in [0.2, 0.25) is 0 Å². The Bertz CT molecular complexity index is 817. The molecule has 3 unspecified atom stereocenters. The van der Waals surface area contributed by atoms with Gasteiger partial charge in [0.2, 0.25) is 10.0 Å². The number of morpholine rings is 1. The summed E-state index contributed by atoms with van der Waals surface area (Å²) in [6.45, 7) is 9.44. The average molecular weight is 426 g/mol. The highest BCUT2D eigenvalue weighted by molar-refractivity contribution is 7.89. The van der Waals surface area contributed by atoms with Gasteiger partial charge in [-0.3, -0.25) is 0 Å². The van der Waals surface area contributed by atoms with E-state index in [4.69, 9.17) is 9.47 Å². The third kappa shape index (κ3) is 4.36. The monoisotopic (exact) mass is 425 g/mol. The first-order valence-electron chi connectivity index (χ1n) is 10.0. The number of rotatable bonds is 4. The van der Waals surface area contributed by atoms with Crippen molar-refractivity contribution < 1.29 is 22.7 Å². The van der Waals surface area contributed by atoms with Crippen LogP contribution in [0, 0.1) is 5.92 Å². The van der Waals surface area contributed by atoms with Crippen molar-refractivity contribution in [3.8, 4) is 5.75 Å². The van der Waals surface area contributed by atoms with Crippen LogP contribution in [0.5, 0.6) is 5.75 Å². The Balaban J connectivity index is 1.85. The largest absolute Gasteiger partial charge is 0.497 e. The first-order chi connectivity index (χ1) is 13.6. The van der Waals surface area contributed by atoms with Gasteiger partial charge in [-0.1, -0.05) is 13.8 Å². The summed E-state index contributed by atoms with van der Waals surface area (Å²) in [4.78, 5) is 16.9. The van der Waals surface area contributed by atoms with E-state index in [9.17, 15) is 13.2 Å². The fourth-order valence-corrected chi connectivity index (χ4v) is 5.90. The fourth-order valence-electron chi connectivity index (χ4n) is 4.19. The highest BCUT2D eigenvalue weighted by Gasteiger charge is 2.45. The van der Waals surface area contributed by atoms with Gasteiger partial charge in [0.15, 0.2) is 0 Å². The summed E-state index contributed by atoms with van der Waals surface area (Å²) >= 11 is 0. The number of methoxy groups -OCH3 is 1. The summed E-state index contributed by atoms with van der Waals surface area (Å²) in [5, 5.41) is 0. The molecule has 2 saturated heterocycles. The molecule has 162 valence electrons.